The van der Waals surface area contributed by atoms with Crippen molar-refractivity contribution in [3.8, 4) is 11.3 Å². The second-order valence-corrected chi connectivity index (χ2v) is 6.74. The van der Waals surface area contributed by atoms with E-state index in [-0.39, 0.29) is 5.91 Å². The molecule has 4 rings (SSSR count). The predicted molar refractivity (Wildman–Crippen MR) is 91.2 cm³/mol. The van der Waals surface area contributed by atoms with Gasteiger partial charge in [0.15, 0.2) is 0 Å². The van der Waals surface area contributed by atoms with E-state index in [9.17, 15) is 4.79 Å². The van der Waals surface area contributed by atoms with Crippen molar-refractivity contribution in [3.05, 3.63) is 53.7 Å². The largest absolute Gasteiger partial charge is 0.335 e. The van der Waals surface area contributed by atoms with Crippen LogP contribution in [0.3, 0.4) is 0 Å². The van der Waals surface area contributed by atoms with Crippen LogP contribution in [0.15, 0.2) is 42.6 Å². The molecule has 2 aromatic rings. The number of aryl methyl sites for hydroxylation is 1. The summed E-state index contributed by atoms with van der Waals surface area (Å²) in [5, 5.41) is 0. The fraction of sp³-hybridized carbons (Fsp3) is 0.400. The molecule has 2 fully saturated rings. The molecule has 1 aliphatic heterocycles. The summed E-state index contributed by atoms with van der Waals surface area (Å²) in [7, 11) is 0. The molecule has 1 saturated carbocycles. The normalized spacial score (nSPS) is 22.6. The minimum Gasteiger partial charge on any atom is -0.335 e. The van der Waals surface area contributed by atoms with Gasteiger partial charge in [-0.1, -0.05) is 31.2 Å². The number of nitrogens with zero attached hydrogens (tertiary/aromatic N) is 2. The Hall–Kier alpha value is -2.16. The number of rotatable bonds is 3. The molecule has 0 N–H and O–H groups in total. The zero-order valence-electron chi connectivity index (χ0n) is 13.5. The number of carbonyl (C=O) groups excluding carboxylic acids is 1. The molecule has 2 atom stereocenters. The van der Waals surface area contributed by atoms with Gasteiger partial charge in [-0.2, -0.15) is 0 Å². The topological polar surface area (TPSA) is 33.2 Å². The van der Waals surface area contributed by atoms with Crippen LogP contribution in [0.25, 0.3) is 11.3 Å². The molecule has 1 aromatic carbocycles. The quantitative estimate of drug-likeness (QED) is 0.860. The van der Waals surface area contributed by atoms with Crippen molar-refractivity contribution in [2.45, 2.75) is 38.6 Å². The van der Waals surface area contributed by atoms with Gasteiger partial charge >= 0.3 is 0 Å². The summed E-state index contributed by atoms with van der Waals surface area (Å²) >= 11 is 0. The predicted octanol–water partition coefficient (Wildman–Crippen LogP) is 3.94. The number of likely N-dealkylation sites (tertiary alicyclic amines) is 1. The average Bonchev–Trinajstić information content (AvgIpc) is 3.24. The Labute approximate surface area is 137 Å². The highest BCUT2D eigenvalue weighted by atomic mass is 16.2. The number of hydrogen-bond acceptors (Lipinski definition) is 2. The molecule has 2 bridgehead atoms. The third-order valence-corrected chi connectivity index (χ3v) is 5.34. The summed E-state index contributed by atoms with van der Waals surface area (Å²) in [5.41, 5.74) is 3.87. The zero-order valence-corrected chi connectivity index (χ0v) is 13.5. The van der Waals surface area contributed by atoms with Crippen LogP contribution < -0.4 is 0 Å². The fourth-order valence-corrected chi connectivity index (χ4v) is 4.03. The van der Waals surface area contributed by atoms with E-state index < -0.39 is 0 Å². The van der Waals surface area contributed by atoms with Gasteiger partial charge in [-0.25, -0.2) is 0 Å². The summed E-state index contributed by atoms with van der Waals surface area (Å²) in [6, 6.07) is 12.6. The van der Waals surface area contributed by atoms with Gasteiger partial charge in [0.25, 0.3) is 5.91 Å². The van der Waals surface area contributed by atoms with Crippen molar-refractivity contribution in [1.82, 2.24) is 9.88 Å². The summed E-state index contributed by atoms with van der Waals surface area (Å²) in [6.07, 6.45) is 6.43. The van der Waals surface area contributed by atoms with Gasteiger partial charge in [0.05, 0.1) is 11.3 Å². The lowest BCUT2D eigenvalue weighted by Gasteiger charge is -2.27. The van der Waals surface area contributed by atoms with Gasteiger partial charge < -0.3 is 4.90 Å². The van der Waals surface area contributed by atoms with Crippen LogP contribution >= 0.6 is 0 Å². The second kappa shape index (κ2) is 5.80. The van der Waals surface area contributed by atoms with Crippen molar-refractivity contribution in [1.29, 1.82) is 0 Å². The first kappa shape index (κ1) is 14.4. The molecule has 1 amide bonds. The van der Waals surface area contributed by atoms with E-state index in [2.05, 4.69) is 41.1 Å². The molecule has 0 radical (unpaired) electrons. The van der Waals surface area contributed by atoms with E-state index in [4.69, 9.17) is 0 Å². The van der Waals surface area contributed by atoms with Gasteiger partial charge in [0, 0.05) is 24.3 Å². The lowest BCUT2D eigenvalue weighted by atomic mass is 10.0. The van der Waals surface area contributed by atoms with Crippen LogP contribution in [0.4, 0.5) is 0 Å². The van der Waals surface area contributed by atoms with Gasteiger partial charge in [0.2, 0.25) is 0 Å². The van der Waals surface area contributed by atoms with Crippen molar-refractivity contribution >= 4 is 5.91 Å². The van der Waals surface area contributed by atoms with Crippen LogP contribution in [0.2, 0.25) is 0 Å². The van der Waals surface area contributed by atoms with Crippen LogP contribution in [0.5, 0.6) is 0 Å². The maximum Gasteiger partial charge on any atom is 0.256 e. The number of aromatic nitrogens is 1. The number of pyridine rings is 1. The Kier molecular flexibility index (Phi) is 3.64. The average molecular weight is 306 g/mol. The highest BCUT2D eigenvalue weighted by Gasteiger charge is 2.40. The number of fused-ring (bicyclic) bond motifs is 2. The number of hydrogen-bond donors (Lipinski definition) is 0. The molecule has 3 heteroatoms. The lowest BCUT2D eigenvalue weighted by Crippen LogP contribution is -2.37. The molecule has 1 aliphatic carbocycles. The molecular formula is C20H22N2O. The molecule has 3 nitrogen and oxygen atoms in total. The van der Waals surface area contributed by atoms with Crippen LogP contribution in [0, 0.1) is 5.92 Å². The molecule has 2 aliphatic rings. The first-order valence-corrected chi connectivity index (χ1v) is 8.61. The number of piperidine rings is 1. The van der Waals surface area contributed by atoms with Gasteiger partial charge in [-0.15, -0.1) is 0 Å². The Morgan fingerprint density at radius 3 is 2.70 bits per heavy atom. The van der Waals surface area contributed by atoms with Crippen LogP contribution in [0.1, 0.15) is 42.1 Å². The Morgan fingerprint density at radius 1 is 1.22 bits per heavy atom. The minimum absolute atomic E-state index is 0.153. The van der Waals surface area contributed by atoms with Crippen LogP contribution in [-0.4, -0.2) is 28.4 Å². The van der Waals surface area contributed by atoms with Crippen LogP contribution in [-0.2, 0) is 6.42 Å². The van der Waals surface area contributed by atoms with E-state index in [1.165, 1.54) is 18.4 Å². The molecule has 0 spiro atoms. The molecule has 1 aromatic heterocycles. The third-order valence-electron chi connectivity index (χ3n) is 5.34. The second-order valence-electron chi connectivity index (χ2n) is 6.74. The molecule has 23 heavy (non-hydrogen) atoms. The van der Waals surface area contributed by atoms with Gasteiger partial charge in [-0.05, 0) is 49.3 Å². The number of benzene rings is 1. The number of amides is 1. The number of carbonyl (C=O) groups is 1. The maximum atomic E-state index is 13.0. The summed E-state index contributed by atoms with van der Waals surface area (Å²) in [6.45, 7) is 3.07. The Morgan fingerprint density at radius 2 is 2.04 bits per heavy atom. The zero-order chi connectivity index (χ0) is 15.8. The standard InChI is InChI=1S/C20H22N2O/c1-2-14-5-8-16(9-6-14)19-18(4-3-11-21-19)20(23)22-13-15-7-10-17(22)12-15/h3-6,8-9,11,15,17H,2,7,10,12-13H2,1H3/t15-,17+/m0/s1. The van der Waals surface area contributed by atoms with Crippen molar-refractivity contribution in [2.24, 2.45) is 5.92 Å². The van der Waals surface area contributed by atoms with Crippen molar-refractivity contribution in [3.63, 3.8) is 0 Å². The van der Waals surface area contributed by atoms with Gasteiger partial charge in [0.1, 0.15) is 0 Å². The first-order chi connectivity index (χ1) is 11.3. The highest BCUT2D eigenvalue weighted by molar-refractivity contribution is 6.00. The Balaban J connectivity index is 1.67. The Bertz CT molecular complexity index is 723. The monoisotopic (exact) mass is 306 g/mol. The molecule has 2 heterocycles. The summed E-state index contributed by atoms with van der Waals surface area (Å²) in [4.78, 5) is 19.6. The fourth-order valence-electron chi connectivity index (χ4n) is 4.03. The SMILES string of the molecule is CCc1ccc(-c2ncccc2C(=O)N2C[C@H]3CC[C@@H]2C3)cc1. The summed E-state index contributed by atoms with van der Waals surface area (Å²) in [5.74, 6) is 0.868. The van der Waals surface area contributed by atoms with Crippen molar-refractivity contribution in [2.75, 3.05) is 6.54 Å². The molecule has 1 saturated heterocycles. The molecule has 0 unspecified atom stereocenters. The van der Waals surface area contributed by atoms with E-state index in [1.54, 1.807) is 6.20 Å². The van der Waals surface area contributed by atoms with Crippen molar-refractivity contribution < 1.29 is 4.79 Å². The van der Waals surface area contributed by atoms with E-state index in [1.807, 2.05) is 12.1 Å². The molecule has 118 valence electrons. The van der Waals surface area contributed by atoms with E-state index in [0.29, 0.717) is 12.0 Å². The summed E-state index contributed by atoms with van der Waals surface area (Å²) < 4.78 is 0. The molecular weight excluding hydrogens is 284 g/mol. The minimum atomic E-state index is 0.153. The maximum absolute atomic E-state index is 13.0. The smallest absolute Gasteiger partial charge is 0.256 e. The first-order valence-electron chi connectivity index (χ1n) is 8.61. The highest BCUT2D eigenvalue weighted by Crippen LogP contribution is 2.38. The van der Waals surface area contributed by atoms with E-state index in [0.717, 1.165) is 36.2 Å². The van der Waals surface area contributed by atoms with Gasteiger partial charge in [-0.3, -0.25) is 9.78 Å². The third kappa shape index (κ3) is 2.54. The lowest BCUT2D eigenvalue weighted by molar-refractivity contribution is 0.0704. The van der Waals surface area contributed by atoms with E-state index >= 15 is 0 Å².